The molecule has 0 bridgehead atoms. The van der Waals surface area contributed by atoms with Gasteiger partial charge in [-0.15, -0.1) is 0 Å². The van der Waals surface area contributed by atoms with E-state index in [4.69, 9.17) is 4.74 Å². The summed E-state index contributed by atoms with van der Waals surface area (Å²) in [5.41, 5.74) is 0.938. The fourth-order valence-corrected chi connectivity index (χ4v) is 1.62. The second-order valence-corrected chi connectivity index (χ2v) is 3.54. The van der Waals surface area contributed by atoms with E-state index in [1.54, 1.807) is 7.11 Å². The van der Waals surface area contributed by atoms with E-state index in [1.807, 2.05) is 23.7 Å². The third-order valence-corrected chi connectivity index (χ3v) is 2.23. The van der Waals surface area contributed by atoms with Crippen molar-refractivity contribution in [1.29, 1.82) is 0 Å². The Balaban J connectivity index is 2.72. The van der Waals surface area contributed by atoms with Crippen LogP contribution < -0.4 is 4.74 Å². The smallest absolute Gasteiger partial charge is 0.237 e. The number of aryl methyl sites for hydroxylation is 1. The van der Waals surface area contributed by atoms with Gasteiger partial charge in [0.25, 0.3) is 0 Å². The molecule has 0 N–H and O–H groups in total. The van der Waals surface area contributed by atoms with Gasteiger partial charge in [-0.3, -0.25) is 4.40 Å². The maximum absolute atomic E-state index is 5.05. The number of ether oxygens (including phenoxy) is 1. The van der Waals surface area contributed by atoms with Gasteiger partial charge >= 0.3 is 0 Å². The van der Waals surface area contributed by atoms with Crippen LogP contribution in [0.5, 0.6) is 5.88 Å². The lowest BCUT2D eigenvalue weighted by Gasteiger charge is -2.01. The molecule has 0 spiro atoms. The molecule has 2 aromatic rings. The van der Waals surface area contributed by atoms with Crippen LogP contribution in [0.2, 0.25) is 0 Å². The van der Waals surface area contributed by atoms with Crippen LogP contribution in [0.25, 0.3) is 5.78 Å². The van der Waals surface area contributed by atoms with Crippen molar-refractivity contribution < 1.29 is 4.74 Å². The van der Waals surface area contributed by atoms with Gasteiger partial charge in [0.1, 0.15) is 0 Å². The lowest BCUT2D eigenvalue weighted by Crippen LogP contribution is -1.93. The van der Waals surface area contributed by atoms with E-state index in [2.05, 4.69) is 25.9 Å². The van der Waals surface area contributed by atoms with E-state index >= 15 is 0 Å². The van der Waals surface area contributed by atoms with Crippen LogP contribution in [0.3, 0.4) is 0 Å². The maximum atomic E-state index is 5.05. The Kier molecular flexibility index (Phi) is 1.95. The zero-order valence-corrected chi connectivity index (χ0v) is 8.87. The number of hydrogen-bond acceptors (Lipinski definition) is 3. The molecule has 2 aromatic heterocycles. The summed E-state index contributed by atoms with van der Waals surface area (Å²) in [4.78, 5) is 8.41. The Labute approximate surface area is 83.7 Å². The van der Waals surface area contributed by atoms with E-state index in [0.717, 1.165) is 10.2 Å². The number of halogens is 1. The average Bonchev–Trinajstić information content (AvgIpc) is 2.42. The second-order valence-electron chi connectivity index (χ2n) is 2.69. The number of methoxy groups -OCH3 is 1. The van der Waals surface area contributed by atoms with Gasteiger partial charge in [-0.1, -0.05) is 0 Å². The SMILES string of the molecule is COc1nc2nc(C)cn2cc1Br. The van der Waals surface area contributed by atoms with Crippen molar-refractivity contribution in [2.75, 3.05) is 7.11 Å². The van der Waals surface area contributed by atoms with Crippen molar-refractivity contribution in [3.63, 3.8) is 0 Å². The molecule has 0 aliphatic carbocycles. The topological polar surface area (TPSA) is 39.4 Å². The Hall–Kier alpha value is -1.10. The molecule has 13 heavy (non-hydrogen) atoms. The van der Waals surface area contributed by atoms with Crippen LogP contribution in [0, 0.1) is 6.92 Å². The molecule has 5 heteroatoms. The molecule has 0 radical (unpaired) electrons. The van der Waals surface area contributed by atoms with Crippen LogP contribution in [0.4, 0.5) is 0 Å². The van der Waals surface area contributed by atoms with Crippen LogP contribution in [0.1, 0.15) is 5.69 Å². The van der Waals surface area contributed by atoms with Crippen molar-refractivity contribution in [2.24, 2.45) is 0 Å². The number of fused-ring (bicyclic) bond motifs is 1. The van der Waals surface area contributed by atoms with E-state index < -0.39 is 0 Å². The molecule has 0 aliphatic rings. The highest BCUT2D eigenvalue weighted by Crippen LogP contribution is 2.22. The molecule has 0 aromatic carbocycles. The van der Waals surface area contributed by atoms with Gasteiger partial charge in [-0.05, 0) is 22.9 Å². The van der Waals surface area contributed by atoms with Gasteiger partial charge < -0.3 is 4.74 Å². The van der Waals surface area contributed by atoms with Crippen molar-refractivity contribution in [1.82, 2.24) is 14.4 Å². The largest absolute Gasteiger partial charge is 0.480 e. The van der Waals surface area contributed by atoms with Gasteiger partial charge in [-0.25, -0.2) is 4.98 Å². The number of hydrogen-bond donors (Lipinski definition) is 0. The molecule has 2 rings (SSSR count). The third-order valence-electron chi connectivity index (χ3n) is 1.68. The first kappa shape index (κ1) is 8.50. The first-order valence-electron chi connectivity index (χ1n) is 3.76. The van der Waals surface area contributed by atoms with Gasteiger partial charge in [-0.2, -0.15) is 4.98 Å². The van der Waals surface area contributed by atoms with E-state index in [1.165, 1.54) is 0 Å². The van der Waals surface area contributed by atoms with E-state index in [0.29, 0.717) is 11.7 Å². The van der Waals surface area contributed by atoms with Crippen molar-refractivity contribution in [3.05, 3.63) is 22.6 Å². The predicted octanol–water partition coefficient (Wildman–Crippen LogP) is 1.81. The predicted molar refractivity (Wildman–Crippen MR) is 52.0 cm³/mol. The number of rotatable bonds is 1. The molecule has 0 aliphatic heterocycles. The monoisotopic (exact) mass is 241 g/mol. The van der Waals surface area contributed by atoms with Crippen LogP contribution in [-0.4, -0.2) is 21.5 Å². The van der Waals surface area contributed by atoms with Crippen LogP contribution in [0.15, 0.2) is 16.9 Å². The van der Waals surface area contributed by atoms with Gasteiger partial charge in [0.05, 0.1) is 17.3 Å². The Morgan fingerprint density at radius 3 is 2.85 bits per heavy atom. The van der Waals surface area contributed by atoms with Crippen LogP contribution in [-0.2, 0) is 0 Å². The van der Waals surface area contributed by atoms with E-state index in [-0.39, 0.29) is 0 Å². The summed E-state index contributed by atoms with van der Waals surface area (Å²) in [7, 11) is 1.58. The number of nitrogens with zero attached hydrogens (tertiary/aromatic N) is 3. The summed E-state index contributed by atoms with van der Waals surface area (Å²) in [5, 5.41) is 0. The number of imidazole rings is 1. The molecular formula is C8H8BrN3O. The summed E-state index contributed by atoms with van der Waals surface area (Å²) in [6.45, 7) is 1.93. The average molecular weight is 242 g/mol. The molecule has 0 saturated heterocycles. The Morgan fingerprint density at radius 1 is 1.38 bits per heavy atom. The zero-order chi connectivity index (χ0) is 9.42. The second kappa shape index (κ2) is 2.99. The lowest BCUT2D eigenvalue weighted by atomic mass is 10.6. The number of aromatic nitrogens is 3. The summed E-state index contributed by atoms with van der Waals surface area (Å²) in [5.74, 6) is 1.20. The van der Waals surface area contributed by atoms with E-state index in [9.17, 15) is 0 Å². The van der Waals surface area contributed by atoms with Crippen molar-refractivity contribution in [2.45, 2.75) is 6.92 Å². The zero-order valence-electron chi connectivity index (χ0n) is 7.28. The minimum absolute atomic E-state index is 0.554. The highest BCUT2D eigenvalue weighted by atomic mass is 79.9. The first-order valence-corrected chi connectivity index (χ1v) is 4.56. The Morgan fingerprint density at radius 2 is 2.15 bits per heavy atom. The quantitative estimate of drug-likeness (QED) is 0.765. The summed E-state index contributed by atoms with van der Waals surface area (Å²) in [6.07, 6.45) is 3.79. The molecule has 68 valence electrons. The highest BCUT2D eigenvalue weighted by Gasteiger charge is 2.05. The molecule has 4 nitrogen and oxygen atoms in total. The van der Waals surface area contributed by atoms with Crippen LogP contribution >= 0.6 is 15.9 Å². The normalized spacial score (nSPS) is 10.7. The highest BCUT2D eigenvalue weighted by molar-refractivity contribution is 9.10. The fourth-order valence-electron chi connectivity index (χ4n) is 1.15. The van der Waals surface area contributed by atoms with Gasteiger partial charge in [0.15, 0.2) is 0 Å². The maximum Gasteiger partial charge on any atom is 0.237 e. The summed E-state index contributed by atoms with van der Waals surface area (Å²) in [6, 6.07) is 0. The molecule has 0 fully saturated rings. The minimum Gasteiger partial charge on any atom is -0.480 e. The first-order chi connectivity index (χ1) is 6.20. The molecular weight excluding hydrogens is 234 g/mol. The fraction of sp³-hybridized carbons (Fsp3) is 0.250. The summed E-state index contributed by atoms with van der Waals surface area (Å²) < 4.78 is 7.72. The molecule has 0 amide bonds. The van der Waals surface area contributed by atoms with Crippen molar-refractivity contribution >= 4 is 21.7 Å². The van der Waals surface area contributed by atoms with Gasteiger partial charge in [0, 0.05) is 12.4 Å². The molecule has 0 atom stereocenters. The van der Waals surface area contributed by atoms with Gasteiger partial charge in [0.2, 0.25) is 11.7 Å². The molecule has 0 unspecified atom stereocenters. The molecule has 2 heterocycles. The van der Waals surface area contributed by atoms with Crippen molar-refractivity contribution in [3.8, 4) is 5.88 Å². The standard InChI is InChI=1S/C8H8BrN3O/c1-5-3-12-4-6(9)7(13-2)11-8(12)10-5/h3-4H,1-2H3. The lowest BCUT2D eigenvalue weighted by molar-refractivity contribution is 0.395. The Bertz CT molecular complexity index is 452. The summed E-state index contributed by atoms with van der Waals surface area (Å²) >= 11 is 3.35. The molecule has 0 saturated carbocycles. The third kappa shape index (κ3) is 1.39. The minimum atomic E-state index is 0.554.